The maximum absolute atomic E-state index is 6.00. The summed E-state index contributed by atoms with van der Waals surface area (Å²) in [5.41, 5.74) is 10.2. The number of halogens is 1. The van der Waals surface area contributed by atoms with Crippen molar-refractivity contribution >= 4 is 17.3 Å². The largest absolute Gasteiger partial charge is 0.487 e. The minimum absolute atomic E-state index is 0.420. The van der Waals surface area contributed by atoms with Crippen LogP contribution in [0.5, 0.6) is 5.75 Å². The molecule has 0 bridgehead atoms. The molecule has 3 N–H and O–H groups in total. The number of hydrogen-bond donors (Lipinski definition) is 2. The standard InChI is InChI=1S/C17H16ClN3O/c1-11-8-15(6-7-16(11)18)22-10-14-9-17(21-20-14)12-2-4-13(19)5-3-12/h2-9H,10,19H2,1H3,(H,20,21). The number of rotatable bonds is 4. The number of ether oxygens (including phenoxy) is 1. The quantitative estimate of drug-likeness (QED) is 0.709. The summed E-state index contributed by atoms with van der Waals surface area (Å²) < 4.78 is 5.75. The van der Waals surface area contributed by atoms with E-state index in [0.29, 0.717) is 6.61 Å². The van der Waals surface area contributed by atoms with Gasteiger partial charge in [0.1, 0.15) is 12.4 Å². The highest BCUT2D eigenvalue weighted by molar-refractivity contribution is 6.31. The van der Waals surface area contributed by atoms with Crippen molar-refractivity contribution in [2.75, 3.05) is 5.73 Å². The molecule has 0 radical (unpaired) electrons. The molecule has 1 aromatic heterocycles. The van der Waals surface area contributed by atoms with Crippen LogP contribution in [0.15, 0.2) is 48.5 Å². The summed E-state index contributed by atoms with van der Waals surface area (Å²) in [4.78, 5) is 0. The molecule has 0 spiro atoms. The maximum Gasteiger partial charge on any atom is 0.130 e. The van der Waals surface area contributed by atoms with Gasteiger partial charge in [0.05, 0.1) is 11.4 Å². The predicted octanol–water partition coefficient (Wildman–Crippen LogP) is 4.20. The Morgan fingerprint density at radius 3 is 2.64 bits per heavy atom. The van der Waals surface area contributed by atoms with Crippen LogP contribution in [-0.2, 0) is 6.61 Å². The van der Waals surface area contributed by atoms with Gasteiger partial charge in [-0.05, 0) is 48.9 Å². The smallest absolute Gasteiger partial charge is 0.130 e. The monoisotopic (exact) mass is 313 g/mol. The van der Waals surface area contributed by atoms with Crippen molar-refractivity contribution in [2.45, 2.75) is 13.5 Å². The first-order chi connectivity index (χ1) is 10.6. The average molecular weight is 314 g/mol. The van der Waals surface area contributed by atoms with E-state index in [1.54, 1.807) is 0 Å². The van der Waals surface area contributed by atoms with Crippen LogP contribution in [-0.4, -0.2) is 10.2 Å². The van der Waals surface area contributed by atoms with Crippen molar-refractivity contribution in [3.8, 4) is 17.0 Å². The van der Waals surface area contributed by atoms with Crippen LogP contribution in [0.4, 0.5) is 5.69 Å². The molecule has 0 saturated heterocycles. The number of aromatic nitrogens is 2. The molecule has 0 aliphatic carbocycles. The van der Waals surface area contributed by atoms with Crippen molar-refractivity contribution in [1.29, 1.82) is 0 Å². The molecule has 0 atom stereocenters. The fourth-order valence-electron chi connectivity index (χ4n) is 2.11. The van der Waals surface area contributed by atoms with E-state index in [4.69, 9.17) is 22.1 Å². The fourth-order valence-corrected chi connectivity index (χ4v) is 2.22. The molecule has 0 fully saturated rings. The van der Waals surface area contributed by atoms with Crippen LogP contribution < -0.4 is 10.5 Å². The molecular formula is C17H16ClN3O. The zero-order valence-electron chi connectivity index (χ0n) is 12.1. The van der Waals surface area contributed by atoms with Crippen LogP contribution in [0.3, 0.4) is 0 Å². The molecule has 3 aromatic rings. The summed E-state index contributed by atoms with van der Waals surface area (Å²) >= 11 is 6.00. The summed E-state index contributed by atoms with van der Waals surface area (Å²) in [7, 11) is 0. The summed E-state index contributed by atoms with van der Waals surface area (Å²) in [5, 5.41) is 8.01. The number of hydrogen-bond acceptors (Lipinski definition) is 3. The molecule has 0 unspecified atom stereocenters. The molecule has 0 aliphatic rings. The molecule has 0 amide bonds. The first-order valence-corrected chi connectivity index (χ1v) is 7.29. The number of aryl methyl sites for hydroxylation is 1. The number of nitrogens with zero attached hydrogens (tertiary/aromatic N) is 1. The minimum atomic E-state index is 0.420. The topological polar surface area (TPSA) is 63.9 Å². The number of aromatic amines is 1. The molecule has 3 rings (SSSR count). The Balaban J connectivity index is 1.69. The van der Waals surface area contributed by atoms with Crippen LogP contribution in [0, 0.1) is 6.92 Å². The third-order valence-corrected chi connectivity index (χ3v) is 3.79. The molecule has 4 nitrogen and oxygen atoms in total. The van der Waals surface area contributed by atoms with Gasteiger partial charge in [-0.15, -0.1) is 0 Å². The molecular weight excluding hydrogens is 298 g/mol. The van der Waals surface area contributed by atoms with E-state index >= 15 is 0 Å². The Morgan fingerprint density at radius 2 is 1.91 bits per heavy atom. The first-order valence-electron chi connectivity index (χ1n) is 6.91. The van der Waals surface area contributed by atoms with Crippen molar-refractivity contribution in [3.63, 3.8) is 0 Å². The zero-order valence-corrected chi connectivity index (χ0v) is 12.9. The fraction of sp³-hybridized carbons (Fsp3) is 0.118. The Hall–Kier alpha value is -2.46. The van der Waals surface area contributed by atoms with Crippen LogP contribution >= 0.6 is 11.6 Å². The van der Waals surface area contributed by atoms with Crippen LogP contribution in [0.2, 0.25) is 5.02 Å². The van der Waals surface area contributed by atoms with Gasteiger partial charge in [0.25, 0.3) is 0 Å². The molecule has 1 heterocycles. The summed E-state index contributed by atoms with van der Waals surface area (Å²) in [6, 6.07) is 15.2. The molecule has 2 aromatic carbocycles. The zero-order chi connectivity index (χ0) is 15.5. The second kappa shape index (κ2) is 6.12. The van der Waals surface area contributed by atoms with Gasteiger partial charge in [-0.2, -0.15) is 5.10 Å². The van der Waals surface area contributed by atoms with E-state index < -0.39 is 0 Å². The van der Waals surface area contributed by atoms with E-state index in [1.807, 2.05) is 55.5 Å². The molecule has 5 heteroatoms. The van der Waals surface area contributed by atoms with E-state index in [1.165, 1.54) is 0 Å². The summed E-state index contributed by atoms with van der Waals surface area (Å²) in [5.74, 6) is 0.783. The number of anilines is 1. The third-order valence-electron chi connectivity index (χ3n) is 3.36. The minimum Gasteiger partial charge on any atom is -0.487 e. The van der Waals surface area contributed by atoms with Crippen molar-refractivity contribution in [2.24, 2.45) is 0 Å². The normalized spacial score (nSPS) is 10.6. The average Bonchev–Trinajstić information content (AvgIpc) is 2.98. The van der Waals surface area contributed by atoms with Gasteiger partial charge >= 0.3 is 0 Å². The van der Waals surface area contributed by atoms with E-state index in [0.717, 1.165) is 39.0 Å². The molecule has 22 heavy (non-hydrogen) atoms. The Kier molecular flexibility index (Phi) is 4.02. The van der Waals surface area contributed by atoms with Crippen LogP contribution in [0.1, 0.15) is 11.3 Å². The Bertz CT molecular complexity index is 781. The second-order valence-electron chi connectivity index (χ2n) is 5.10. The van der Waals surface area contributed by atoms with Crippen molar-refractivity contribution in [3.05, 3.63) is 64.8 Å². The van der Waals surface area contributed by atoms with Gasteiger partial charge in [-0.3, -0.25) is 5.10 Å². The van der Waals surface area contributed by atoms with Crippen molar-refractivity contribution in [1.82, 2.24) is 10.2 Å². The van der Waals surface area contributed by atoms with E-state index in [-0.39, 0.29) is 0 Å². The van der Waals surface area contributed by atoms with Gasteiger partial charge in [-0.1, -0.05) is 23.7 Å². The number of H-pyrrole nitrogens is 1. The van der Waals surface area contributed by atoms with Gasteiger partial charge in [-0.25, -0.2) is 0 Å². The third kappa shape index (κ3) is 3.23. The van der Waals surface area contributed by atoms with Crippen molar-refractivity contribution < 1.29 is 4.74 Å². The molecule has 0 aliphatic heterocycles. The van der Waals surface area contributed by atoms with Crippen LogP contribution in [0.25, 0.3) is 11.3 Å². The summed E-state index contributed by atoms with van der Waals surface area (Å²) in [6.45, 7) is 2.37. The lowest BCUT2D eigenvalue weighted by Gasteiger charge is -2.06. The Morgan fingerprint density at radius 1 is 1.14 bits per heavy atom. The van der Waals surface area contributed by atoms with E-state index in [2.05, 4.69) is 10.2 Å². The highest BCUT2D eigenvalue weighted by atomic mass is 35.5. The summed E-state index contributed by atoms with van der Waals surface area (Å²) in [6.07, 6.45) is 0. The number of nitrogens with one attached hydrogen (secondary N) is 1. The Labute approximate surface area is 133 Å². The lowest BCUT2D eigenvalue weighted by Crippen LogP contribution is -1.96. The lowest BCUT2D eigenvalue weighted by atomic mass is 10.1. The second-order valence-corrected chi connectivity index (χ2v) is 5.51. The van der Waals surface area contributed by atoms with E-state index in [9.17, 15) is 0 Å². The van der Waals surface area contributed by atoms with Gasteiger partial charge in [0, 0.05) is 16.3 Å². The van der Waals surface area contributed by atoms with Gasteiger partial charge < -0.3 is 10.5 Å². The molecule has 0 saturated carbocycles. The highest BCUT2D eigenvalue weighted by Gasteiger charge is 2.05. The number of nitrogens with two attached hydrogens (primary N) is 1. The number of nitrogen functional groups attached to an aromatic ring is 1. The van der Waals surface area contributed by atoms with Gasteiger partial charge in [0.15, 0.2) is 0 Å². The SMILES string of the molecule is Cc1cc(OCc2cc(-c3ccc(N)cc3)n[nH]2)ccc1Cl. The number of benzene rings is 2. The van der Waals surface area contributed by atoms with Gasteiger partial charge in [0.2, 0.25) is 0 Å². The molecule has 112 valence electrons. The predicted molar refractivity (Wildman–Crippen MR) is 89.0 cm³/mol. The maximum atomic E-state index is 6.00. The lowest BCUT2D eigenvalue weighted by molar-refractivity contribution is 0.301. The first kappa shape index (κ1) is 14.5. The highest BCUT2D eigenvalue weighted by Crippen LogP contribution is 2.23.